The molecule has 6 nitrogen and oxygen atoms in total. The van der Waals surface area contributed by atoms with Crippen LogP contribution in [0.1, 0.15) is 22.2 Å². The number of carbonyl (C=O) groups is 1. The second kappa shape index (κ2) is 8.43. The van der Waals surface area contributed by atoms with Crippen molar-refractivity contribution in [2.45, 2.75) is 13.3 Å². The van der Waals surface area contributed by atoms with Crippen LogP contribution in [-0.2, 0) is 6.42 Å². The second-order valence-corrected chi connectivity index (χ2v) is 8.66. The summed E-state index contributed by atoms with van der Waals surface area (Å²) in [6.07, 6.45) is 4.53. The lowest BCUT2D eigenvalue weighted by Gasteiger charge is -2.35. The Labute approximate surface area is 185 Å². The van der Waals surface area contributed by atoms with Crippen LogP contribution in [-0.4, -0.2) is 51.9 Å². The molecule has 0 bridgehead atoms. The van der Waals surface area contributed by atoms with Crippen molar-refractivity contribution < 1.29 is 4.79 Å². The van der Waals surface area contributed by atoms with E-state index < -0.39 is 0 Å². The molecule has 0 unspecified atom stereocenters. The van der Waals surface area contributed by atoms with Crippen LogP contribution in [0, 0.1) is 0 Å². The number of pyridine rings is 1. The molecule has 0 radical (unpaired) electrons. The Morgan fingerprint density at radius 2 is 1.84 bits per heavy atom. The fraction of sp³-hybridized carbons (Fsp3) is 0.250. The van der Waals surface area contributed by atoms with Gasteiger partial charge in [0.25, 0.3) is 5.91 Å². The molecular weight excluding hydrogens is 406 g/mol. The number of fused-ring (bicyclic) bond motifs is 1. The molecule has 4 heterocycles. The average molecular weight is 430 g/mol. The summed E-state index contributed by atoms with van der Waals surface area (Å²) in [6.45, 7) is 5.00. The van der Waals surface area contributed by atoms with Crippen LogP contribution in [0.5, 0.6) is 0 Å². The molecule has 1 aliphatic rings. The molecule has 0 saturated carbocycles. The van der Waals surface area contributed by atoms with Gasteiger partial charge < -0.3 is 9.80 Å². The number of amides is 1. The Balaban J connectivity index is 1.44. The van der Waals surface area contributed by atoms with Gasteiger partial charge in [0.15, 0.2) is 5.82 Å². The maximum atomic E-state index is 12.8. The molecule has 1 saturated heterocycles. The molecule has 0 atom stereocenters. The van der Waals surface area contributed by atoms with Crippen LogP contribution >= 0.6 is 11.3 Å². The Hall–Kier alpha value is -3.32. The monoisotopic (exact) mass is 429 g/mol. The smallest absolute Gasteiger partial charge is 0.253 e. The zero-order valence-corrected chi connectivity index (χ0v) is 18.2. The van der Waals surface area contributed by atoms with Gasteiger partial charge >= 0.3 is 0 Å². The number of aryl methyl sites for hydroxylation is 1. The highest BCUT2D eigenvalue weighted by Crippen LogP contribution is 2.34. The minimum Gasteiger partial charge on any atom is -0.352 e. The average Bonchev–Trinajstić information content (AvgIpc) is 3.28. The van der Waals surface area contributed by atoms with Gasteiger partial charge in [-0.1, -0.05) is 25.1 Å². The van der Waals surface area contributed by atoms with Crippen LogP contribution in [0.3, 0.4) is 0 Å². The van der Waals surface area contributed by atoms with E-state index in [2.05, 4.69) is 22.9 Å². The summed E-state index contributed by atoms with van der Waals surface area (Å²) in [5.74, 6) is 1.74. The molecule has 1 amide bonds. The van der Waals surface area contributed by atoms with Gasteiger partial charge in [-0.3, -0.25) is 9.78 Å². The van der Waals surface area contributed by atoms with Crippen molar-refractivity contribution in [1.29, 1.82) is 0 Å². The summed E-state index contributed by atoms with van der Waals surface area (Å²) in [6, 6.07) is 15.6. The molecule has 31 heavy (non-hydrogen) atoms. The van der Waals surface area contributed by atoms with Crippen LogP contribution in [0.25, 0.3) is 21.6 Å². The zero-order valence-electron chi connectivity index (χ0n) is 17.4. The van der Waals surface area contributed by atoms with Gasteiger partial charge in [-0.2, -0.15) is 0 Å². The first kappa shape index (κ1) is 19.6. The van der Waals surface area contributed by atoms with Crippen molar-refractivity contribution in [3.05, 3.63) is 71.4 Å². The van der Waals surface area contributed by atoms with Crippen molar-refractivity contribution >= 4 is 33.3 Å². The standard InChI is InChI=1S/C24H23N5OS/c1-2-19-15-20-22(26-21(27-23(20)31-19)18-9-6-10-25-16-18)28-11-13-29(14-12-28)24(30)17-7-4-3-5-8-17/h3-10,15-16H,2,11-14H2,1H3. The SMILES string of the molecule is CCc1cc2c(N3CCN(C(=O)c4ccccc4)CC3)nc(-c3cccnc3)nc2s1. The van der Waals surface area contributed by atoms with E-state index in [9.17, 15) is 4.79 Å². The van der Waals surface area contributed by atoms with Crippen LogP contribution < -0.4 is 4.90 Å². The Bertz CT molecular complexity index is 1200. The first-order valence-corrected chi connectivity index (χ1v) is 11.3. The molecular formula is C24H23N5OS. The number of rotatable bonds is 4. The van der Waals surface area contributed by atoms with Crippen LogP contribution in [0.15, 0.2) is 60.9 Å². The number of anilines is 1. The Morgan fingerprint density at radius 3 is 2.55 bits per heavy atom. The second-order valence-electron chi connectivity index (χ2n) is 7.54. The lowest BCUT2D eigenvalue weighted by atomic mass is 10.1. The topological polar surface area (TPSA) is 62.2 Å². The van der Waals surface area contributed by atoms with E-state index in [-0.39, 0.29) is 5.91 Å². The third-order valence-electron chi connectivity index (χ3n) is 5.58. The Kier molecular flexibility index (Phi) is 5.34. The highest BCUT2D eigenvalue weighted by atomic mass is 32.1. The zero-order chi connectivity index (χ0) is 21.2. The van der Waals surface area contributed by atoms with E-state index in [1.54, 1.807) is 23.7 Å². The van der Waals surface area contributed by atoms with E-state index >= 15 is 0 Å². The fourth-order valence-electron chi connectivity index (χ4n) is 3.88. The van der Waals surface area contributed by atoms with Gasteiger partial charge in [0.05, 0.1) is 5.39 Å². The highest BCUT2D eigenvalue weighted by Gasteiger charge is 2.25. The van der Waals surface area contributed by atoms with E-state index in [1.165, 1.54) is 4.88 Å². The lowest BCUT2D eigenvalue weighted by Crippen LogP contribution is -2.49. The number of aromatic nitrogens is 3. The summed E-state index contributed by atoms with van der Waals surface area (Å²) in [5, 5.41) is 1.09. The predicted molar refractivity (Wildman–Crippen MR) is 125 cm³/mol. The molecule has 0 N–H and O–H groups in total. The quantitative estimate of drug-likeness (QED) is 0.485. The van der Waals surface area contributed by atoms with Gasteiger partial charge in [-0.15, -0.1) is 11.3 Å². The molecule has 156 valence electrons. The molecule has 5 rings (SSSR count). The summed E-state index contributed by atoms with van der Waals surface area (Å²) in [4.78, 5) is 33.3. The van der Waals surface area contributed by atoms with Crippen molar-refractivity contribution in [3.63, 3.8) is 0 Å². The van der Waals surface area contributed by atoms with Gasteiger partial charge in [0.2, 0.25) is 0 Å². The van der Waals surface area contributed by atoms with Crippen molar-refractivity contribution in [1.82, 2.24) is 19.9 Å². The number of thiophene rings is 1. The maximum absolute atomic E-state index is 12.8. The number of hydrogen-bond acceptors (Lipinski definition) is 6. The summed E-state index contributed by atoms with van der Waals surface area (Å²) in [5.41, 5.74) is 1.65. The van der Waals surface area contributed by atoms with Crippen molar-refractivity contribution in [3.8, 4) is 11.4 Å². The van der Waals surface area contributed by atoms with Gasteiger partial charge in [0, 0.05) is 54.6 Å². The van der Waals surface area contributed by atoms with E-state index in [0.29, 0.717) is 18.9 Å². The molecule has 3 aromatic heterocycles. The molecule has 7 heteroatoms. The highest BCUT2D eigenvalue weighted by molar-refractivity contribution is 7.18. The predicted octanol–water partition coefficient (Wildman–Crippen LogP) is 4.28. The molecule has 1 aliphatic heterocycles. The van der Waals surface area contributed by atoms with Crippen molar-refractivity contribution in [2.24, 2.45) is 0 Å². The molecule has 0 aliphatic carbocycles. The summed E-state index contributed by atoms with van der Waals surface area (Å²) < 4.78 is 0. The minimum absolute atomic E-state index is 0.0907. The molecule has 4 aromatic rings. The number of benzene rings is 1. The maximum Gasteiger partial charge on any atom is 0.253 e. The first-order chi connectivity index (χ1) is 15.2. The van der Waals surface area contributed by atoms with Crippen LogP contribution in [0.4, 0.5) is 5.82 Å². The van der Waals surface area contributed by atoms with Gasteiger partial charge in [-0.05, 0) is 36.8 Å². The van der Waals surface area contributed by atoms with E-state index in [4.69, 9.17) is 9.97 Å². The summed E-state index contributed by atoms with van der Waals surface area (Å²) in [7, 11) is 0. The fourth-order valence-corrected chi connectivity index (χ4v) is 4.84. The van der Waals surface area contributed by atoms with E-state index in [1.807, 2.05) is 47.4 Å². The van der Waals surface area contributed by atoms with Gasteiger partial charge in [0.1, 0.15) is 10.6 Å². The van der Waals surface area contributed by atoms with Crippen molar-refractivity contribution in [2.75, 3.05) is 31.1 Å². The molecule has 0 spiro atoms. The summed E-state index contributed by atoms with van der Waals surface area (Å²) >= 11 is 1.72. The molecule has 1 fully saturated rings. The Morgan fingerprint density at radius 1 is 1.03 bits per heavy atom. The number of carbonyl (C=O) groups excluding carboxylic acids is 1. The normalized spacial score (nSPS) is 14.2. The third-order valence-corrected chi connectivity index (χ3v) is 6.75. The number of hydrogen-bond donors (Lipinski definition) is 0. The lowest BCUT2D eigenvalue weighted by molar-refractivity contribution is 0.0746. The van der Waals surface area contributed by atoms with Crippen LogP contribution in [0.2, 0.25) is 0 Å². The number of piperazine rings is 1. The minimum atomic E-state index is 0.0907. The molecule has 1 aromatic carbocycles. The van der Waals surface area contributed by atoms with Gasteiger partial charge in [-0.25, -0.2) is 9.97 Å². The first-order valence-electron chi connectivity index (χ1n) is 10.5. The largest absolute Gasteiger partial charge is 0.352 e. The van der Waals surface area contributed by atoms with E-state index in [0.717, 1.165) is 46.7 Å². The number of nitrogens with zero attached hydrogens (tertiary/aromatic N) is 5. The third kappa shape index (κ3) is 3.88.